The summed E-state index contributed by atoms with van der Waals surface area (Å²) < 4.78 is 48.2. The highest BCUT2D eigenvalue weighted by molar-refractivity contribution is 7.90. The number of hydrogen-bond acceptors (Lipinski definition) is 9. The summed E-state index contributed by atoms with van der Waals surface area (Å²) in [7, 11) is -3.81. The van der Waals surface area contributed by atoms with E-state index < -0.39 is 50.6 Å². The lowest BCUT2D eigenvalue weighted by atomic mass is 9.91. The molecule has 3 heterocycles. The van der Waals surface area contributed by atoms with E-state index in [2.05, 4.69) is 14.7 Å². The van der Waals surface area contributed by atoms with Gasteiger partial charge in [-0.3, -0.25) is 19.1 Å². The number of hydrogen-bond donors (Lipinski definition) is 2. The number of nitrogens with one attached hydrogen (secondary N) is 1. The van der Waals surface area contributed by atoms with E-state index in [0.717, 1.165) is 25.7 Å². The van der Waals surface area contributed by atoms with E-state index in [-0.39, 0.29) is 60.8 Å². The number of rotatable bonds is 5. The van der Waals surface area contributed by atoms with Gasteiger partial charge in [0.1, 0.15) is 17.3 Å². The van der Waals surface area contributed by atoms with Gasteiger partial charge in [-0.2, -0.15) is 0 Å². The third kappa shape index (κ3) is 6.85. The van der Waals surface area contributed by atoms with Crippen LogP contribution in [0, 0.1) is 24.1 Å². The fourth-order valence-corrected chi connectivity index (χ4v) is 7.85. The van der Waals surface area contributed by atoms with Crippen molar-refractivity contribution in [3.63, 3.8) is 0 Å². The van der Waals surface area contributed by atoms with Crippen molar-refractivity contribution in [1.29, 1.82) is 0 Å². The monoisotopic (exact) mass is 663 g/mol. The molecule has 4 aliphatic rings. The zero-order valence-corrected chi connectivity index (χ0v) is 26.7. The molecule has 5 atom stereocenters. The van der Waals surface area contributed by atoms with Crippen molar-refractivity contribution in [3.8, 4) is 5.88 Å². The second kappa shape index (κ2) is 12.9. The predicted molar refractivity (Wildman–Crippen MR) is 166 cm³/mol. The number of allylic oxidation sites excluding steroid dienone is 2. The van der Waals surface area contributed by atoms with Gasteiger partial charge in [-0.05, 0) is 63.5 Å². The fraction of sp³-hybridized carbons (Fsp3) is 0.581. The van der Waals surface area contributed by atoms with Gasteiger partial charge in [-0.25, -0.2) is 22.8 Å². The molecule has 11 nitrogen and oxygen atoms in total. The van der Waals surface area contributed by atoms with E-state index >= 15 is 0 Å². The number of aryl methyl sites for hydroxylation is 1. The van der Waals surface area contributed by atoms with Gasteiger partial charge < -0.3 is 15.4 Å². The van der Waals surface area contributed by atoms with E-state index in [4.69, 9.17) is 10.5 Å². The van der Waals surface area contributed by atoms with Crippen LogP contribution in [0.2, 0.25) is 0 Å². The number of carbonyl (C=O) groups is 3. The predicted octanol–water partition coefficient (Wildman–Crippen LogP) is 3.27. The summed E-state index contributed by atoms with van der Waals surface area (Å²) in [5.41, 5.74) is 5.98. The number of Topliss-reactive ketones (excluding diaryl/α,β-unsaturated/α-hetero) is 1. The molecule has 2 aromatic rings. The second-order valence-corrected chi connectivity index (χ2v) is 14.6. The van der Waals surface area contributed by atoms with Gasteiger partial charge in [-0.1, -0.05) is 31.1 Å². The van der Waals surface area contributed by atoms with Crippen molar-refractivity contribution in [2.75, 3.05) is 6.54 Å². The molecule has 2 aliphatic heterocycles. The first-order chi connectivity index (χ1) is 21.0. The van der Waals surface area contributed by atoms with Gasteiger partial charge in [0, 0.05) is 12.8 Å². The van der Waals surface area contributed by atoms with Gasteiger partial charge >= 0.3 is 0 Å². The Morgan fingerprint density at radius 1 is 1.16 bits per heavy atom. The number of sulfonamides is 1. The van der Waals surface area contributed by atoms with E-state index in [9.17, 15) is 27.2 Å². The Hall–Kier alpha value is -3.16. The van der Waals surface area contributed by atoms with Gasteiger partial charge in [0.05, 0.1) is 34.8 Å². The molecule has 3 N–H and O–H groups in total. The minimum Gasteiger partial charge on any atom is -0.471 e. The second-order valence-electron chi connectivity index (χ2n) is 12.7. The molecule has 1 aromatic heterocycles. The smallest absolute Gasteiger partial charge is 0.240 e. The van der Waals surface area contributed by atoms with Crippen molar-refractivity contribution in [2.45, 2.75) is 94.6 Å². The number of halogens is 2. The van der Waals surface area contributed by atoms with Crippen LogP contribution in [-0.4, -0.2) is 70.9 Å². The van der Waals surface area contributed by atoms with Gasteiger partial charge in [-0.15, -0.1) is 12.4 Å². The largest absolute Gasteiger partial charge is 0.471 e. The molecule has 0 spiro atoms. The van der Waals surface area contributed by atoms with Crippen LogP contribution in [0.4, 0.5) is 4.39 Å². The molecule has 14 heteroatoms. The highest BCUT2D eigenvalue weighted by atomic mass is 35.5. The number of ketones is 1. The molecular weight excluding hydrogens is 625 g/mol. The number of nitrogens with zero attached hydrogens (tertiary/aromatic N) is 3. The molecule has 6 rings (SSSR count). The minimum absolute atomic E-state index is 0. The first-order valence-electron chi connectivity index (χ1n) is 15.4. The minimum atomic E-state index is -3.81. The highest BCUT2D eigenvalue weighted by Crippen LogP contribution is 2.57. The van der Waals surface area contributed by atoms with Gasteiger partial charge in [0.15, 0.2) is 11.6 Å². The topological polar surface area (TPSA) is 162 Å². The van der Waals surface area contributed by atoms with E-state index in [1.54, 1.807) is 19.1 Å². The molecule has 45 heavy (non-hydrogen) atoms. The first kappa shape index (κ1) is 33.2. The van der Waals surface area contributed by atoms with Crippen LogP contribution in [0.15, 0.2) is 30.4 Å². The number of amides is 2. The Morgan fingerprint density at radius 3 is 2.69 bits per heavy atom. The molecule has 244 valence electrons. The summed E-state index contributed by atoms with van der Waals surface area (Å²) in [4.78, 5) is 51.3. The lowest BCUT2D eigenvalue weighted by molar-refractivity contribution is -0.140. The van der Waals surface area contributed by atoms with Crippen LogP contribution >= 0.6 is 12.4 Å². The molecular formula is C31H39ClFN5O6S. The number of nitrogens with two attached hydrogens (primary N) is 1. The van der Waals surface area contributed by atoms with Crippen LogP contribution in [0.1, 0.15) is 69.9 Å². The molecule has 1 aromatic carbocycles. The van der Waals surface area contributed by atoms with Crippen LogP contribution in [0.25, 0.3) is 11.0 Å². The standard InChI is InChI=1S/C31H38FN5O6S.ClH/c1-18-28(35-27-22(32)9-7-11-24(27)34-18)43-20-14-25-26(38)16-31(30(40)36-44(41,42)21-12-13-21)15-19(31)8-5-3-2-4-6-10-23(33)29(39)37(25)17-20;/h5,7-9,11,19-21,23,25H,2-4,6,10,12-17,33H2,1H3,(H,36,40);1H/b8-5-;/t19-,20-,23+,25+,31-;/m1./s1. The summed E-state index contributed by atoms with van der Waals surface area (Å²) in [6, 6.07) is 2.74. The maximum atomic E-state index is 14.5. The Kier molecular flexibility index (Phi) is 9.53. The molecule has 0 bridgehead atoms. The zero-order chi connectivity index (χ0) is 31.2. The van der Waals surface area contributed by atoms with E-state index in [1.165, 1.54) is 11.0 Å². The van der Waals surface area contributed by atoms with Crippen LogP contribution in [0.5, 0.6) is 5.88 Å². The molecule has 1 saturated heterocycles. The van der Waals surface area contributed by atoms with Gasteiger partial charge in [0.25, 0.3) is 0 Å². The molecule has 0 unspecified atom stereocenters. The van der Waals surface area contributed by atoms with Gasteiger partial charge in [0.2, 0.25) is 27.7 Å². The highest BCUT2D eigenvalue weighted by Gasteiger charge is 2.61. The van der Waals surface area contributed by atoms with Crippen molar-refractivity contribution >= 4 is 51.1 Å². The number of ether oxygens (including phenoxy) is 1. The van der Waals surface area contributed by atoms with Crippen molar-refractivity contribution in [3.05, 3.63) is 41.9 Å². The number of benzene rings is 1. The Morgan fingerprint density at radius 2 is 1.93 bits per heavy atom. The molecule has 2 saturated carbocycles. The summed E-state index contributed by atoms with van der Waals surface area (Å²) in [5.74, 6) is -2.12. The summed E-state index contributed by atoms with van der Waals surface area (Å²) in [5, 5.41) is -0.578. The molecule has 3 fully saturated rings. The van der Waals surface area contributed by atoms with Crippen LogP contribution in [0.3, 0.4) is 0 Å². The average molecular weight is 664 g/mol. The number of carbonyl (C=O) groups excluding carboxylic acids is 3. The summed E-state index contributed by atoms with van der Waals surface area (Å²) >= 11 is 0. The lowest BCUT2D eigenvalue weighted by Crippen LogP contribution is -2.49. The summed E-state index contributed by atoms with van der Waals surface area (Å²) in [6.07, 6.45) is 8.25. The Bertz CT molecular complexity index is 1640. The number of fused-ring (bicyclic) bond motifs is 3. The average Bonchev–Trinajstić information content (AvgIpc) is 3.90. The third-order valence-corrected chi connectivity index (χ3v) is 11.1. The molecule has 0 radical (unpaired) electrons. The number of aromatic nitrogens is 2. The quantitative estimate of drug-likeness (QED) is 0.458. The van der Waals surface area contributed by atoms with Crippen molar-refractivity contribution < 1.29 is 31.9 Å². The maximum Gasteiger partial charge on any atom is 0.240 e. The van der Waals surface area contributed by atoms with E-state index in [0.29, 0.717) is 36.9 Å². The maximum absolute atomic E-state index is 14.5. The summed E-state index contributed by atoms with van der Waals surface area (Å²) in [6.45, 7) is 1.74. The van der Waals surface area contributed by atoms with Crippen molar-refractivity contribution in [2.24, 2.45) is 17.1 Å². The van der Waals surface area contributed by atoms with E-state index in [1.807, 2.05) is 12.2 Å². The third-order valence-electron chi connectivity index (χ3n) is 9.32. The molecule has 2 amide bonds. The fourth-order valence-electron chi connectivity index (χ4n) is 6.47. The first-order valence-corrected chi connectivity index (χ1v) is 16.9. The van der Waals surface area contributed by atoms with Crippen LogP contribution in [-0.2, 0) is 24.4 Å². The van der Waals surface area contributed by atoms with Crippen molar-refractivity contribution in [1.82, 2.24) is 19.6 Å². The van der Waals surface area contributed by atoms with Crippen LogP contribution < -0.4 is 15.2 Å². The lowest BCUT2D eigenvalue weighted by Gasteiger charge is -2.27. The normalized spacial score (nSPS) is 29.9. The SMILES string of the molecule is Cc1nc2cccc(F)c2nc1O[C@@H]1C[C@H]2C(=O)C[C@]3(C(=O)NS(=O)(=O)C4CC4)C[C@H]3/C=C\CCCCC[C@H](N)C(=O)N2C1.Cl. The number of para-hydroxylation sites is 1. The molecule has 2 aliphatic carbocycles. The Labute approximate surface area is 268 Å². The Balaban J connectivity index is 0.00000400. The zero-order valence-electron chi connectivity index (χ0n) is 25.1.